The third kappa shape index (κ3) is 3.01. The van der Waals surface area contributed by atoms with Gasteiger partial charge >= 0.3 is 0 Å². The van der Waals surface area contributed by atoms with Gasteiger partial charge in [-0.15, -0.1) is 0 Å². The van der Waals surface area contributed by atoms with E-state index in [4.69, 9.17) is 9.51 Å². The largest absolute Gasteiger partial charge is 0.388 e. The third-order valence-electron chi connectivity index (χ3n) is 3.94. The predicted octanol–water partition coefficient (Wildman–Crippen LogP) is 4.38. The van der Waals surface area contributed by atoms with Gasteiger partial charge in [0, 0.05) is 35.9 Å². The van der Waals surface area contributed by atoms with E-state index >= 15 is 0 Å². The van der Waals surface area contributed by atoms with Crippen LogP contribution in [0.3, 0.4) is 0 Å². The first kappa shape index (κ1) is 15.1. The highest BCUT2D eigenvalue weighted by Gasteiger charge is 2.11. The number of pyridine rings is 2. The second-order valence-corrected chi connectivity index (χ2v) is 5.71. The standard InChI is InChI=1S/C19H17N5O/c1-12-10-18(25-24-12)23-19-15-4-3-9-21-17(15)11-16(22-19)13-5-7-14(20-2)8-6-13/h3-11,20H,1-2H3,(H,22,23). The molecule has 3 aromatic heterocycles. The van der Waals surface area contributed by atoms with E-state index in [2.05, 4.69) is 20.8 Å². The topological polar surface area (TPSA) is 75.9 Å². The first-order valence-electron chi connectivity index (χ1n) is 7.97. The zero-order valence-corrected chi connectivity index (χ0v) is 13.9. The number of fused-ring (bicyclic) bond motifs is 1. The molecule has 0 radical (unpaired) electrons. The van der Waals surface area contributed by atoms with Crippen LogP contribution in [-0.2, 0) is 0 Å². The second kappa shape index (κ2) is 6.24. The van der Waals surface area contributed by atoms with E-state index in [0.29, 0.717) is 11.7 Å². The van der Waals surface area contributed by atoms with Gasteiger partial charge in [0.1, 0.15) is 5.82 Å². The maximum atomic E-state index is 5.26. The van der Waals surface area contributed by atoms with Crippen LogP contribution < -0.4 is 10.6 Å². The molecule has 2 N–H and O–H groups in total. The predicted molar refractivity (Wildman–Crippen MR) is 99.0 cm³/mol. The average Bonchev–Trinajstić information content (AvgIpc) is 3.06. The van der Waals surface area contributed by atoms with E-state index in [0.717, 1.165) is 33.5 Å². The van der Waals surface area contributed by atoms with Gasteiger partial charge in [-0.3, -0.25) is 4.98 Å². The lowest BCUT2D eigenvalue weighted by atomic mass is 10.1. The van der Waals surface area contributed by atoms with Crippen molar-refractivity contribution in [3.63, 3.8) is 0 Å². The van der Waals surface area contributed by atoms with Crippen LogP contribution in [0.25, 0.3) is 22.2 Å². The SMILES string of the molecule is CNc1ccc(-c2cc3ncccc3c(Nc3cc(C)no3)n2)cc1. The van der Waals surface area contributed by atoms with Crippen molar-refractivity contribution in [2.75, 3.05) is 17.7 Å². The first-order valence-corrected chi connectivity index (χ1v) is 7.97. The van der Waals surface area contributed by atoms with E-state index in [-0.39, 0.29) is 0 Å². The molecular formula is C19H17N5O. The van der Waals surface area contributed by atoms with Gasteiger partial charge in [-0.2, -0.15) is 0 Å². The quantitative estimate of drug-likeness (QED) is 0.578. The summed E-state index contributed by atoms with van der Waals surface area (Å²) in [6.07, 6.45) is 1.78. The van der Waals surface area contributed by atoms with E-state index in [1.807, 2.05) is 62.5 Å². The fraction of sp³-hybridized carbons (Fsp3) is 0.105. The van der Waals surface area contributed by atoms with Gasteiger partial charge in [-0.1, -0.05) is 17.3 Å². The van der Waals surface area contributed by atoms with E-state index in [1.54, 1.807) is 6.20 Å². The first-order chi connectivity index (χ1) is 12.2. The van der Waals surface area contributed by atoms with Gasteiger partial charge in [-0.05, 0) is 37.3 Å². The highest BCUT2D eigenvalue weighted by Crippen LogP contribution is 2.29. The summed E-state index contributed by atoms with van der Waals surface area (Å²) in [5.41, 5.74) is 4.58. The van der Waals surface area contributed by atoms with Crippen LogP contribution in [0.4, 0.5) is 17.4 Å². The molecule has 4 aromatic rings. The van der Waals surface area contributed by atoms with Crippen LogP contribution in [0.15, 0.2) is 59.3 Å². The smallest absolute Gasteiger partial charge is 0.230 e. The Morgan fingerprint density at radius 3 is 2.60 bits per heavy atom. The Hall–Kier alpha value is -3.41. The molecular weight excluding hydrogens is 314 g/mol. The van der Waals surface area contributed by atoms with Gasteiger partial charge in [0.25, 0.3) is 0 Å². The van der Waals surface area contributed by atoms with Crippen molar-refractivity contribution in [3.8, 4) is 11.3 Å². The molecule has 0 fully saturated rings. The van der Waals surface area contributed by atoms with Gasteiger partial charge in [-0.25, -0.2) is 4.98 Å². The molecule has 0 saturated heterocycles. The van der Waals surface area contributed by atoms with Crippen molar-refractivity contribution in [3.05, 3.63) is 60.4 Å². The maximum Gasteiger partial charge on any atom is 0.230 e. The molecule has 124 valence electrons. The molecule has 0 aliphatic heterocycles. The summed E-state index contributed by atoms with van der Waals surface area (Å²) >= 11 is 0. The number of rotatable bonds is 4. The normalized spacial score (nSPS) is 10.8. The fourth-order valence-corrected chi connectivity index (χ4v) is 2.67. The minimum Gasteiger partial charge on any atom is -0.388 e. The highest BCUT2D eigenvalue weighted by molar-refractivity contribution is 5.93. The third-order valence-corrected chi connectivity index (χ3v) is 3.94. The summed E-state index contributed by atoms with van der Waals surface area (Å²) < 4.78 is 5.26. The van der Waals surface area contributed by atoms with Crippen LogP contribution in [0, 0.1) is 6.92 Å². The number of aryl methyl sites for hydroxylation is 1. The molecule has 1 aromatic carbocycles. The van der Waals surface area contributed by atoms with Gasteiger partial charge in [0.2, 0.25) is 5.88 Å². The maximum absolute atomic E-state index is 5.26. The molecule has 0 spiro atoms. The molecule has 6 nitrogen and oxygen atoms in total. The lowest BCUT2D eigenvalue weighted by Crippen LogP contribution is -1.97. The Morgan fingerprint density at radius 2 is 1.88 bits per heavy atom. The van der Waals surface area contributed by atoms with Gasteiger partial charge < -0.3 is 15.2 Å². The Morgan fingerprint density at radius 1 is 1.04 bits per heavy atom. The Labute approximate surface area is 144 Å². The Balaban J connectivity index is 1.82. The van der Waals surface area contributed by atoms with Crippen LogP contribution in [-0.4, -0.2) is 22.2 Å². The summed E-state index contributed by atoms with van der Waals surface area (Å²) in [5.74, 6) is 1.24. The van der Waals surface area contributed by atoms with Crippen LogP contribution in [0.1, 0.15) is 5.69 Å². The minimum atomic E-state index is 0.554. The summed E-state index contributed by atoms with van der Waals surface area (Å²) in [7, 11) is 1.90. The van der Waals surface area contributed by atoms with E-state index in [1.165, 1.54) is 0 Å². The molecule has 6 heteroatoms. The molecule has 25 heavy (non-hydrogen) atoms. The Bertz CT molecular complexity index is 1020. The molecule has 4 rings (SSSR count). The lowest BCUT2D eigenvalue weighted by Gasteiger charge is -2.10. The van der Waals surface area contributed by atoms with Crippen LogP contribution >= 0.6 is 0 Å². The molecule has 0 atom stereocenters. The lowest BCUT2D eigenvalue weighted by molar-refractivity contribution is 0.430. The number of benzene rings is 1. The van der Waals surface area contributed by atoms with Crippen molar-refractivity contribution < 1.29 is 4.52 Å². The molecule has 0 saturated carbocycles. The van der Waals surface area contributed by atoms with Gasteiger partial charge in [0.05, 0.1) is 16.9 Å². The molecule has 0 aliphatic rings. The molecule has 0 aliphatic carbocycles. The zero-order chi connectivity index (χ0) is 17.2. The van der Waals surface area contributed by atoms with E-state index < -0.39 is 0 Å². The summed E-state index contributed by atoms with van der Waals surface area (Å²) in [5, 5.41) is 11.2. The molecule has 0 unspecified atom stereocenters. The summed E-state index contributed by atoms with van der Waals surface area (Å²) in [6.45, 7) is 1.88. The van der Waals surface area contributed by atoms with E-state index in [9.17, 15) is 0 Å². The zero-order valence-electron chi connectivity index (χ0n) is 13.9. The van der Waals surface area contributed by atoms with Crippen molar-refractivity contribution in [2.45, 2.75) is 6.92 Å². The highest BCUT2D eigenvalue weighted by atomic mass is 16.5. The van der Waals surface area contributed by atoms with Crippen molar-refractivity contribution in [2.24, 2.45) is 0 Å². The number of nitrogens with zero attached hydrogens (tertiary/aromatic N) is 3. The fourth-order valence-electron chi connectivity index (χ4n) is 2.67. The summed E-state index contributed by atoms with van der Waals surface area (Å²) in [6, 6.07) is 15.8. The number of nitrogens with one attached hydrogen (secondary N) is 2. The summed E-state index contributed by atoms with van der Waals surface area (Å²) in [4.78, 5) is 9.24. The van der Waals surface area contributed by atoms with Gasteiger partial charge in [0.15, 0.2) is 0 Å². The number of anilines is 3. The minimum absolute atomic E-state index is 0.554. The van der Waals surface area contributed by atoms with Crippen molar-refractivity contribution in [1.82, 2.24) is 15.1 Å². The number of hydrogen-bond donors (Lipinski definition) is 2. The molecule has 3 heterocycles. The van der Waals surface area contributed by atoms with Crippen LogP contribution in [0.2, 0.25) is 0 Å². The molecule has 0 bridgehead atoms. The van der Waals surface area contributed by atoms with Crippen molar-refractivity contribution in [1.29, 1.82) is 0 Å². The average molecular weight is 331 g/mol. The Kier molecular flexibility index (Phi) is 3.78. The monoisotopic (exact) mass is 331 g/mol. The van der Waals surface area contributed by atoms with Crippen LogP contribution in [0.5, 0.6) is 0 Å². The van der Waals surface area contributed by atoms with Crippen molar-refractivity contribution >= 4 is 28.3 Å². The number of aromatic nitrogens is 3. The molecule has 0 amide bonds. The number of hydrogen-bond acceptors (Lipinski definition) is 6. The second-order valence-electron chi connectivity index (χ2n) is 5.71.